The summed E-state index contributed by atoms with van der Waals surface area (Å²) in [6.45, 7) is 2.21. The molecule has 19 heavy (non-hydrogen) atoms. The van der Waals surface area contributed by atoms with Crippen molar-refractivity contribution in [1.82, 2.24) is 4.90 Å². The molecule has 1 heterocycles. The van der Waals surface area contributed by atoms with Gasteiger partial charge < -0.3 is 14.9 Å². The van der Waals surface area contributed by atoms with Gasteiger partial charge in [0.1, 0.15) is 12.4 Å². The van der Waals surface area contributed by atoms with Gasteiger partial charge in [0.15, 0.2) is 0 Å². The summed E-state index contributed by atoms with van der Waals surface area (Å²) < 4.78 is 5.36. The van der Waals surface area contributed by atoms with E-state index < -0.39 is 0 Å². The first-order chi connectivity index (χ1) is 9.22. The third-order valence-corrected chi connectivity index (χ3v) is 3.23. The van der Waals surface area contributed by atoms with Crippen LogP contribution in [0.1, 0.15) is 17.5 Å². The highest BCUT2D eigenvalue weighted by Crippen LogP contribution is 2.23. The number of rotatable bonds is 3. The molecule has 4 nitrogen and oxygen atoms in total. The molecule has 1 fully saturated rings. The molecular formula is C15H19NO3. The van der Waals surface area contributed by atoms with Crippen LogP contribution in [0.15, 0.2) is 18.2 Å². The third-order valence-electron chi connectivity index (χ3n) is 3.23. The fraction of sp³-hybridized carbons (Fsp3) is 0.467. The van der Waals surface area contributed by atoms with Gasteiger partial charge in [-0.1, -0.05) is 11.8 Å². The summed E-state index contributed by atoms with van der Waals surface area (Å²) in [5.74, 6) is 6.37. The van der Waals surface area contributed by atoms with Crippen molar-refractivity contribution in [2.75, 3.05) is 26.8 Å². The van der Waals surface area contributed by atoms with Gasteiger partial charge in [0, 0.05) is 30.8 Å². The lowest BCUT2D eigenvalue weighted by atomic mass is 10.1. The van der Waals surface area contributed by atoms with E-state index in [0.29, 0.717) is 6.54 Å². The Bertz CT molecular complexity index is 490. The molecule has 1 aromatic rings. The Morgan fingerprint density at radius 2 is 2.32 bits per heavy atom. The van der Waals surface area contributed by atoms with E-state index >= 15 is 0 Å². The number of hydrogen-bond donors (Lipinski definition) is 2. The fourth-order valence-electron chi connectivity index (χ4n) is 2.32. The minimum atomic E-state index is -0.219. The summed E-state index contributed by atoms with van der Waals surface area (Å²) >= 11 is 0. The molecular weight excluding hydrogens is 242 g/mol. The molecule has 1 saturated heterocycles. The van der Waals surface area contributed by atoms with Crippen LogP contribution in [0.5, 0.6) is 5.75 Å². The van der Waals surface area contributed by atoms with Crippen LogP contribution in [-0.4, -0.2) is 48.0 Å². The number of methoxy groups -OCH3 is 1. The van der Waals surface area contributed by atoms with Crippen molar-refractivity contribution >= 4 is 0 Å². The Hall–Kier alpha value is -1.54. The number of hydrogen-bond acceptors (Lipinski definition) is 4. The summed E-state index contributed by atoms with van der Waals surface area (Å²) in [6.07, 6.45) is 0.607. The van der Waals surface area contributed by atoms with E-state index in [-0.39, 0.29) is 12.7 Å². The lowest BCUT2D eigenvalue weighted by Crippen LogP contribution is -2.21. The number of benzene rings is 1. The molecule has 0 spiro atoms. The maximum atomic E-state index is 9.55. The van der Waals surface area contributed by atoms with Crippen LogP contribution >= 0.6 is 0 Å². The fourth-order valence-corrected chi connectivity index (χ4v) is 2.32. The zero-order valence-corrected chi connectivity index (χ0v) is 11.1. The maximum absolute atomic E-state index is 9.55. The summed E-state index contributed by atoms with van der Waals surface area (Å²) in [5.41, 5.74) is 1.92. The standard InChI is InChI=1S/C15H19NO3/c1-19-15-5-4-12(3-2-8-17)9-13(15)10-16-7-6-14(18)11-16/h4-5,9,14,17-18H,6-8,10-11H2,1H3. The van der Waals surface area contributed by atoms with E-state index in [2.05, 4.69) is 16.7 Å². The molecule has 0 bridgehead atoms. The van der Waals surface area contributed by atoms with Crippen molar-refractivity contribution in [2.45, 2.75) is 19.1 Å². The van der Waals surface area contributed by atoms with Crippen molar-refractivity contribution in [3.8, 4) is 17.6 Å². The van der Waals surface area contributed by atoms with Crippen LogP contribution < -0.4 is 4.74 Å². The van der Waals surface area contributed by atoms with Crippen LogP contribution in [0.4, 0.5) is 0 Å². The summed E-state index contributed by atoms with van der Waals surface area (Å²) in [4.78, 5) is 2.20. The predicted octanol–water partition coefficient (Wildman–Crippen LogP) is 0.606. The molecule has 0 aromatic heterocycles. The first-order valence-electron chi connectivity index (χ1n) is 6.40. The molecule has 0 aliphatic carbocycles. The van der Waals surface area contributed by atoms with Crippen LogP contribution in [0.2, 0.25) is 0 Å². The number of aliphatic hydroxyl groups excluding tert-OH is 2. The second kappa shape index (κ2) is 6.58. The number of β-amino-alcohol motifs (C(OH)–C–C–N with tert-alkyl or cyclic N) is 1. The smallest absolute Gasteiger partial charge is 0.123 e. The second-order valence-corrected chi connectivity index (χ2v) is 4.66. The van der Waals surface area contributed by atoms with Gasteiger partial charge in [0.25, 0.3) is 0 Å². The van der Waals surface area contributed by atoms with Gasteiger partial charge in [0.2, 0.25) is 0 Å². The average molecular weight is 261 g/mol. The molecule has 1 atom stereocenters. The lowest BCUT2D eigenvalue weighted by molar-refractivity contribution is 0.174. The molecule has 1 aliphatic heterocycles. The molecule has 0 saturated carbocycles. The van der Waals surface area contributed by atoms with Crippen molar-refractivity contribution in [1.29, 1.82) is 0 Å². The van der Waals surface area contributed by atoms with Crippen molar-refractivity contribution in [2.24, 2.45) is 0 Å². The van der Waals surface area contributed by atoms with Gasteiger partial charge in [-0.25, -0.2) is 0 Å². The largest absolute Gasteiger partial charge is 0.496 e. The van der Waals surface area contributed by atoms with E-state index in [4.69, 9.17) is 9.84 Å². The van der Waals surface area contributed by atoms with Gasteiger partial charge in [-0.15, -0.1) is 0 Å². The second-order valence-electron chi connectivity index (χ2n) is 4.66. The third kappa shape index (κ3) is 3.71. The SMILES string of the molecule is COc1ccc(C#CCO)cc1CN1CCC(O)C1. The number of likely N-dealkylation sites (tertiary alicyclic amines) is 1. The van der Waals surface area contributed by atoms with Gasteiger partial charge in [-0.05, 0) is 24.6 Å². The van der Waals surface area contributed by atoms with Crippen molar-refractivity contribution < 1.29 is 14.9 Å². The minimum absolute atomic E-state index is 0.139. The van der Waals surface area contributed by atoms with Gasteiger partial charge in [-0.3, -0.25) is 4.90 Å². The van der Waals surface area contributed by atoms with Crippen LogP contribution in [-0.2, 0) is 6.54 Å². The highest BCUT2D eigenvalue weighted by molar-refractivity contribution is 5.44. The molecule has 102 valence electrons. The predicted molar refractivity (Wildman–Crippen MR) is 72.9 cm³/mol. The molecule has 4 heteroatoms. The summed E-state index contributed by atoms with van der Waals surface area (Å²) in [5, 5.41) is 18.3. The van der Waals surface area contributed by atoms with E-state index in [1.54, 1.807) is 7.11 Å². The van der Waals surface area contributed by atoms with Crippen molar-refractivity contribution in [3.05, 3.63) is 29.3 Å². The minimum Gasteiger partial charge on any atom is -0.496 e. The Labute approximate surface area is 113 Å². The van der Waals surface area contributed by atoms with Gasteiger partial charge >= 0.3 is 0 Å². The molecule has 0 radical (unpaired) electrons. The lowest BCUT2D eigenvalue weighted by Gasteiger charge is -2.17. The normalized spacial score (nSPS) is 19.0. The molecule has 0 amide bonds. The number of aliphatic hydroxyl groups is 2. The molecule has 2 N–H and O–H groups in total. The van der Waals surface area contributed by atoms with Crippen LogP contribution in [0.3, 0.4) is 0 Å². The Balaban J connectivity index is 2.16. The zero-order chi connectivity index (χ0) is 13.7. The van der Waals surface area contributed by atoms with Gasteiger partial charge in [-0.2, -0.15) is 0 Å². The maximum Gasteiger partial charge on any atom is 0.123 e. The molecule has 1 unspecified atom stereocenters. The molecule has 1 aromatic carbocycles. The molecule has 2 rings (SSSR count). The summed E-state index contributed by atoms with van der Waals surface area (Å²) in [7, 11) is 1.65. The quantitative estimate of drug-likeness (QED) is 0.783. The van der Waals surface area contributed by atoms with Crippen molar-refractivity contribution in [3.63, 3.8) is 0 Å². The number of nitrogens with zero attached hydrogens (tertiary/aromatic N) is 1. The van der Waals surface area contributed by atoms with Crippen LogP contribution in [0, 0.1) is 11.8 Å². The zero-order valence-electron chi connectivity index (χ0n) is 11.1. The Kier molecular flexibility index (Phi) is 4.80. The topological polar surface area (TPSA) is 52.9 Å². The molecule has 1 aliphatic rings. The highest BCUT2D eigenvalue weighted by Gasteiger charge is 2.21. The van der Waals surface area contributed by atoms with Crippen LogP contribution in [0.25, 0.3) is 0 Å². The number of ether oxygens (including phenoxy) is 1. The average Bonchev–Trinajstić information content (AvgIpc) is 2.82. The first kappa shape index (κ1) is 13.9. The first-order valence-corrected chi connectivity index (χ1v) is 6.40. The van der Waals surface area contributed by atoms with E-state index in [9.17, 15) is 5.11 Å². The monoisotopic (exact) mass is 261 g/mol. The van der Waals surface area contributed by atoms with E-state index in [1.807, 2.05) is 18.2 Å². The Morgan fingerprint density at radius 3 is 2.95 bits per heavy atom. The van der Waals surface area contributed by atoms with Gasteiger partial charge in [0.05, 0.1) is 13.2 Å². The highest BCUT2D eigenvalue weighted by atomic mass is 16.5. The van der Waals surface area contributed by atoms with E-state index in [0.717, 1.165) is 36.4 Å². The Morgan fingerprint density at radius 1 is 1.47 bits per heavy atom. The summed E-state index contributed by atoms with van der Waals surface area (Å²) in [6, 6.07) is 5.75. The van der Waals surface area contributed by atoms with E-state index in [1.165, 1.54) is 0 Å².